The molecule has 0 nitrogen and oxygen atoms in total. The molecule has 13 heavy (non-hydrogen) atoms. The van der Waals surface area contributed by atoms with Gasteiger partial charge in [-0.25, -0.2) is 0 Å². The van der Waals surface area contributed by atoms with Gasteiger partial charge in [0.15, 0.2) is 0 Å². The number of rotatable bonds is 0. The highest BCUT2D eigenvalue weighted by atomic mass is 14.3. The van der Waals surface area contributed by atoms with E-state index in [2.05, 4.69) is 43.4 Å². The molecule has 0 bridgehead atoms. The van der Waals surface area contributed by atoms with Crippen LogP contribution in [0.2, 0.25) is 0 Å². The average Bonchev–Trinajstić information content (AvgIpc) is 2.57. The highest BCUT2D eigenvalue weighted by Crippen LogP contribution is 2.40. The minimum Gasteiger partial charge on any atom is -0.0760 e. The zero-order chi connectivity index (χ0) is 8.84. The second-order valence-electron chi connectivity index (χ2n) is 3.94. The van der Waals surface area contributed by atoms with E-state index in [-0.39, 0.29) is 0 Å². The topological polar surface area (TPSA) is 0 Å². The summed E-state index contributed by atoms with van der Waals surface area (Å²) < 4.78 is 0. The first kappa shape index (κ1) is 7.14. The van der Waals surface area contributed by atoms with Crippen LogP contribution in [-0.4, -0.2) is 0 Å². The second-order valence-corrected chi connectivity index (χ2v) is 3.94. The minimum absolute atomic E-state index is 0.693. The van der Waals surface area contributed by atoms with Gasteiger partial charge in [0.25, 0.3) is 0 Å². The summed E-state index contributed by atoms with van der Waals surface area (Å²) in [6, 6.07) is 6.64. The van der Waals surface area contributed by atoms with E-state index in [1.165, 1.54) is 28.7 Å². The molecule has 0 N–H and O–H groups in total. The third kappa shape index (κ3) is 0.859. The van der Waals surface area contributed by atoms with Crippen molar-refractivity contribution in [3.63, 3.8) is 0 Å². The van der Waals surface area contributed by atoms with Crippen molar-refractivity contribution in [2.45, 2.75) is 19.3 Å². The van der Waals surface area contributed by atoms with Gasteiger partial charge in [0.05, 0.1) is 0 Å². The Morgan fingerprint density at radius 3 is 3.08 bits per heavy atom. The van der Waals surface area contributed by atoms with Gasteiger partial charge in [-0.05, 0) is 34.6 Å². The van der Waals surface area contributed by atoms with Crippen LogP contribution >= 0.6 is 0 Å². The standard InChI is InChI=1S/C13H12/c1-9-5-6-11-8-7-10-3-2-4-12(9)13(10)11/h2-4,6-9H,5H2,1H3. The van der Waals surface area contributed by atoms with E-state index in [1.54, 1.807) is 0 Å². The molecule has 64 valence electrons. The molecule has 0 aromatic heterocycles. The Balaban J connectivity index is 2.36. The summed E-state index contributed by atoms with van der Waals surface area (Å²) in [5.74, 6) is 0.693. The van der Waals surface area contributed by atoms with Crippen LogP contribution in [0.25, 0.3) is 11.6 Å². The fourth-order valence-corrected chi connectivity index (χ4v) is 2.34. The molecule has 0 saturated heterocycles. The summed E-state index contributed by atoms with van der Waals surface area (Å²) in [4.78, 5) is 0. The molecular formula is C13H12. The monoisotopic (exact) mass is 168 g/mol. The normalized spacial score (nSPS) is 22.8. The van der Waals surface area contributed by atoms with Crippen molar-refractivity contribution < 1.29 is 0 Å². The van der Waals surface area contributed by atoms with Gasteiger partial charge in [0.2, 0.25) is 0 Å². The maximum atomic E-state index is 2.36. The largest absolute Gasteiger partial charge is 0.0760 e. The second kappa shape index (κ2) is 2.35. The van der Waals surface area contributed by atoms with Gasteiger partial charge in [0.1, 0.15) is 0 Å². The molecule has 1 aromatic carbocycles. The highest BCUT2D eigenvalue weighted by molar-refractivity contribution is 5.92. The van der Waals surface area contributed by atoms with Crippen LogP contribution in [0.3, 0.4) is 0 Å². The fourth-order valence-electron chi connectivity index (χ4n) is 2.34. The van der Waals surface area contributed by atoms with E-state index in [9.17, 15) is 0 Å². The Morgan fingerprint density at radius 1 is 1.23 bits per heavy atom. The van der Waals surface area contributed by atoms with Gasteiger partial charge >= 0.3 is 0 Å². The van der Waals surface area contributed by atoms with Crippen molar-refractivity contribution in [2.75, 3.05) is 0 Å². The number of hydrogen-bond donors (Lipinski definition) is 0. The summed E-state index contributed by atoms with van der Waals surface area (Å²) in [5.41, 5.74) is 5.85. The predicted molar refractivity (Wildman–Crippen MR) is 56.5 cm³/mol. The predicted octanol–water partition coefficient (Wildman–Crippen LogP) is 3.60. The molecule has 0 heterocycles. The van der Waals surface area contributed by atoms with Crippen LogP contribution in [0.4, 0.5) is 0 Å². The van der Waals surface area contributed by atoms with Crippen molar-refractivity contribution in [1.29, 1.82) is 0 Å². The first-order chi connectivity index (χ1) is 6.36. The Bertz CT molecular complexity index is 422. The summed E-state index contributed by atoms with van der Waals surface area (Å²) >= 11 is 0. The van der Waals surface area contributed by atoms with Crippen molar-refractivity contribution in [1.82, 2.24) is 0 Å². The number of benzene rings is 1. The smallest absolute Gasteiger partial charge is 0.00797 e. The van der Waals surface area contributed by atoms with Crippen molar-refractivity contribution in [3.05, 3.63) is 47.0 Å². The van der Waals surface area contributed by atoms with Crippen LogP contribution in [0, 0.1) is 0 Å². The summed E-state index contributed by atoms with van der Waals surface area (Å²) in [6.07, 6.45) is 8.01. The van der Waals surface area contributed by atoms with Crippen molar-refractivity contribution >= 4 is 11.6 Å². The van der Waals surface area contributed by atoms with Gasteiger partial charge in [-0.1, -0.05) is 43.4 Å². The molecule has 3 rings (SSSR count). The molecule has 1 atom stereocenters. The zero-order valence-corrected chi connectivity index (χ0v) is 7.75. The van der Waals surface area contributed by atoms with Gasteiger partial charge in [-0.3, -0.25) is 0 Å². The molecule has 2 aliphatic rings. The molecule has 0 amide bonds. The maximum absolute atomic E-state index is 2.36. The molecule has 0 heteroatoms. The maximum Gasteiger partial charge on any atom is -0.00797 e. The zero-order valence-electron chi connectivity index (χ0n) is 7.75. The van der Waals surface area contributed by atoms with Gasteiger partial charge in [0, 0.05) is 0 Å². The molecule has 0 fully saturated rings. The summed E-state index contributed by atoms with van der Waals surface area (Å²) in [7, 11) is 0. The van der Waals surface area contributed by atoms with Crippen LogP contribution in [-0.2, 0) is 0 Å². The number of allylic oxidation sites excluding steroid dienone is 3. The van der Waals surface area contributed by atoms with E-state index in [1.807, 2.05) is 0 Å². The molecule has 1 unspecified atom stereocenters. The lowest BCUT2D eigenvalue weighted by Gasteiger charge is -2.20. The van der Waals surface area contributed by atoms with Crippen LogP contribution in [0.1, 0.15) is 36.0 Å². The first-order valence-electron chi connectivity index (χ1n) is 4.88. The lowest BCUT2D eigenvalue weighted by Crippen LogP contribution is -2.02. The van der Waals surface area contributed by atoms with Crippen molar-refractivity contribution in [3.8, 4) is 0 Å². The summed E-state index contributed by atoms with van der Waals surface area (Å²) in [5, 5.41) is 0. The molecule has 2 aliphatic carbocycles. The quantitative estimate of drug-likeness (QED) is 0.555. The average molecular weight is 168 g/mol. The van der Waals surface area contributed by atoms with E-state index in [0.717, 1.165) is 0 Å². The lowest BCUT2D eigenvalue weighted by atomic mass is 9.84. The molecule has 0 aliphatic heterocycles. The Labute approximate surface area is 78.6 Å². The molecule has 0 spiro atoms. The highest BCUT2D eigenvalue weighted by Gasteiger charge is 2.21. The van der Waals surface area contributed by atoms with E-state index in [0.29, 0.717) is 5.92 Å². The molecular weight excluding hydrogens is 156 g/mol. The third-order valence-corrected chi connectivity index (χ3v) is 3.08. The SMILES string of the molecule is CC1CC=C2C=Cc3cccc1c32. The van der Waals surface area contributed by atoms with Crippen molar-refractivity contribution in [2.24, 2.45) is 0 Å². The third-order valence-electron chi connectivity index (χ3n) is 3.08. The summed E-state index contributed by atoms with van der Waals surface area (Å²) in [6.45, 7) is 2.31. The minimum atomic E-state index is 0.693. The van der Waals surface area contributed by atoms with E-state index in [4.69, 9.17) is 0 Å². The van der Waals surface area contributed by atoms with Crippen LogP contribution in [0.5, 0.6) is 0 Å². The van der Waals surface area contributed by atoms with Gasteiger partial charge in [-0.15, -0.1) is 0 Å². The molecule has 0 radical (unpaired) electrons. The van der Waals surface area contributed by atoms with E-state index >= 15 is 0 Å². The van der Waals surface area contributed by atoms with Crippen LogP contribution in [0.15, 0.2) is 30.4 Å². The van der Waals surface area contributed by atoms with Gasteiger partial charge < -0.3 is 0 Å². The molecule has 1 aromatic rings. The van der Waals surface area contributed by atoms with E-state index < -0.39 is 0 Å². The molecule has 0 saturated carbocycles. The Hall–Kier alpha value is -1.30. The lowest BCUT2D eigenvalue weighted by molar-refractivity contribution is 0.769. The first-order valence-corrected chi connectivity index (χ1v) is 4.88. The number of hydrogen-bond acceptors (Lipinski definition) is 0. The van der Waals surface area contributed by atoms with Crippen LogP contribution < -0.4 is 0 Å². The Kier molecular flexibility index (Phi) is 1.29. The fraction of sp³-hybridized carbons (Fsp3) is 0.231. The Morgan fingerprint density at radius 2 is 2.15 bits per heavy atom. The van der Waals surface area contributed by atoms with Gasteiger partial charge in [-0.2, -0.15) is 0 Å².